The van der Waals surface area contributed by atoms with Crippen molar-refractivity contribution in [3.05, 3.63) is 47.5 Å². The number of amides is 2. The van der Waals surface area contributed by atoms with Crippen LogP contribution in [-0.2, 0) is 0 Å². The average Bonchev–Trinajstić information content (AvgIpc) is 3.08. The van der Waals surface area contributed by atoms with Gasteiger partial charge in [0.15, 0.2) is 23.0 Å². The van der Waals surface area contributed by atoms with E-state index in [1.807, 2.05) is 24.3 Å². The molecule has 0 bridgehead atoms. The fraction of sp³-hybridized carbons (Fsp3) is 0.417. The van der Waals surface area contributed by atoms with Gasteiger partial charge in [-0.25, -0.2) is 0 Å². The van der Waals surface area contributed by atoms with Crippen molar-refractivity contribution < 1.29 is 28.5 Å². The number of piperidine rings is 1. The maximum atomic E-state index is 13.3. The van der Waals surface area contributed by atoms with E-state index in [-0.39, 0.29) is 41.9 Å². The molecule has 3 aliphatic rings. The number of fused-ring (bicyclic) bond motifs is 2. The van der Waals surface area contributed by atoms with Crippen molar-refractivity contribution in [2.75, 3.05) is 40.5 Å². The molecule has 3 aliphatic heterocycles. The standard InChI is InChI=1S/C24H26N2O6.ClH/c1-29-20-10-9-17-21(22(20)30-2)24(28)26(23(17)27)15-6-5-11-25(12-15)13-16-14-31-18-7-3-4-8-19(18)32-16;/h3-4,7-10,15-16H,5-6,11-14H2,1-2H3;1H/t15-,16-;/m0./s1. The molecule has 2 atom stereocenters. The lowest BCUT2D eigenvalue weighted by Gasteiger charge is -2.38. The minimum absolute atomic E-state index is 0. The normalized spacial score (nSPS) is 21.9. The van der Waals surface area contributed by atoms with Gasteiger partial charge in [0.1, 0.15) is 12.7 Å². The van der Waals surface area contributed by atoms with Crippen molar-refractivity contribution in [2.24, 2.45) is 0 Å². The summed E-state index contributed by atoms with van der Waals surface area (Å²) >= 11 is 0. The van der Waals surface area contributed by atoms with Crippen molar-refractivity contribution in [1.29, 1.82) is 0 Å². The molecule has 9 heteroatoms. The summed E-state index contributed by atoms with van der Waals surface area (Å²) in [5.41, 5.74) is 0.653. The van der Waals surface area contributed by atoms with Gasteiger partial charge in [0, 0.05) is 13.1 Å². The molecule has 0 aliphatic carbocycles. The summed E-state index contributed by atoms with van der Waals surface area (Å²) in [6.45, 7) is 2.64. The molecule has 5 rings (SSSR count). The highest BCUT2D eigenvalue weighted by Crippen LogP contribution is 2.39. The Morgan fingerprint density at radius 2 is 1.82 bits per heavy atom. The number of hydrogen-bond acceptors (Lipinski definition) is 7. The van der Waals surface area contributed by atoms with Gasteiger partial charge in [-0.3, -0.25) is 19.4 Å². The van der Waals surface area contributed by atoms with Crippen molar-refractivity contribution in [3.8, 4) is 23.0 Å². The molecule has 0 radical (unpaired) electrons. The van der Waals surface area contributed by atoms with Crippen LogP contribution in [0.2, 0.25) is 0 Å². The fourth-order valence-electron chi connectivity index (χ4n) is 4.84. The Morgan fingerprint density at radius 1 is 1.03 bits per heavy atom. The quantitative estimate of drug-likeness (QED) is 0.616. The molecular weight excluding hydrogens is 448 g/mol. The molecule has 1 fully saturated rings. The van der Waals surface area contributed by atoms with Gasteiger partial charge in [-0.05, 0) is 43.7 Å². The Balaban J connectivity index is 0.00000259. The van der Waals surface area contributed by atoms with E-state index in [2.05, 4.69) is 4.90 Å². The Morgan fingerprint density at radius 3 is 2.58 bits per heavy atom. The van der Waals surface area contributed by atoms with Crippen LogP contribution in [0.4, 0.5) is 0 Å². The van der Waals surface area contributed by atoms with E-state index in [1.165, 1.54) is 19.1 Å². The van der Waals surface area contributed by atoms with E-state index >= 15 is 0 Å². The van der Waals surface area contributed by atoms with Crippen LogP contribution >= 0.6 is 12.4 Å². The molecule has 0 N–H and O–H groups in total. The second kappa shape index (κ2) is 9.49. The number of ether oxygens (including phenoxy) is 4. The topological polar surface area (TPSA) is 77.5 Å². The molecule has 2 amide bonds. The molecule has 0 spiro atoms. The summed E-state index contributed by atoms with van der Waals surface area (Å²) < 4.78 is 22.7. The van der Waals surface area contributed by atoms with Gasteiger partial charge >= 0.3 is 0 Å². The largest absolute Gasteiger partial charge is 0.493 e. The molecular formula is C24H27ClN2O6. The zero-order valence-electron chi connectivity index (χ0n) is 18.6. The Bertz CT molecular complexity index is 1060. The number of benzene rings is 2. The number of rotatable bonds is 5. The van der Waals surface area contributed by atoms with Crippen LogP contribution in [0.5, 0.6) is 23.0 Å². The van der Waals surface area contributed by atoms with Gasteiger partial charge in [0.25, 0.3) is 11.8 Å². The summed E-state index contributed by atoms with van der Waals surface area (Å²) in [5.74, 6) is 1.66. The Hall–Kier alpha value is -2.97. The molecule has 1 saturated heterocycles. The first kappa shape index (κ1) is 23.2. The molecule has 176 valence electrons. The number of likely N-dealkylation sites (tertiary alicyclic amines) is 1. The van der Waals surface area contributed by atoms with Crippen molar-refractivity contribution in [2.45, 2.75) is 25.0 Å². The van der Waals surface area contributed by atoms with Gasteiger partial charge in [0.2, 0.25) is 0 Å². The van der Waals surface area contributed by atoms with Crippen LogP contribution < -0.4 is 18.9 Å². The summed E-state index contributed by atoms with van der Waals surface area (Å²) in [6.07, 6.45) is 1.56. The van der Waals surface area contributed by atoms with E-state index in [4.69, 9.17) is 18.9 Å². The van der Waals surface area contributed by atoms with E-state index < -0.39 is 0 Å². The van der Waals surface area contributed by atoms with E-state index in [9.17, 15) is 9.59 Å². The molecule has 3 heterocycles. The van der Waals surface area contributed by atoms with Gasteiger partial charge in [-0.1, -0.05) is 12.1 Å². The van der Waals surface area contributed by atoms with Gasteiger partial charge < -0.3 is 18.9 Å². The minimum atomic E-state index is -0.321. The first-order valence-corrected chi connectivity index (χ1v) is 10.8. The SMILES string of the molecule is COc1ccc2c(c1OC)C(=O)N([C@H]1CCCN(C[C@H]3COc4ccccc4O3)C1)C2=O.Cl. The van der Waals surface area contributed by atoms with E-state index in [1.54, 1.807) is 12.1 Å². The first-order valence-electron chi connectivity index (χ1n) is 10.8. The highest BCUT2D eigenvalue weighted by atomic mass is 35.5. The number of halogens is 1. The minimum Gasteiger partial charge on any atom is -0.493 e. The molecule has 0 aromatic heterocycles. The van der Waals surface area contributed by atoms with E-state index in [0.29, 0.717) is 36.8 Å². The third-order valence-corrected chi connectivity index (χ3v) is 6.30. The fourth-order valence-corrected chi connectivity index (χ4v) is 4.84. The predicted molar refractivity (Wildman–Crippen MR) is 123 cm³/mol. The molecule has 2 aromatic rings. The molecule has 8 nitrogen and oxygen atoms in total. The molecule has 2 aromatic carbocycles. The van der Waals surface area contributed by atoms with Crippen LogP contribution in [0.3, 0.4) is 0 Å². The monoisotopic (exact) mass is 474 g/mol. The number of nitrogens with zero attached hydrogens (tertiary/aromatic N) is 2. The number of hydrogen-bond donors (Lipinski definition) is 0. The van der Waals surface area contributed by atoms with Crippen LogP contribution in [0.25, 0.3) is 0 Å². The zero-order chi connectivity index (χ0) is 22.2. The summed E-state index contributed by atoms with van der Waals surface area (Å²) in [6, 6.07) is 10.7. The number of carbonyl (C=O) groups is 2. The zero-order valence-corrected chi connectivity index (χ0v) is 19.4. The number of imide groups is 1. The van der Waals surface area contributed by atoms with Gasteiger partial charge in [0.05, 0.1) is 31.4 Å². The van der Waals surface area contributed by atoms with Crippen LogP contribution in [-0.4, -0.2) is 74.2 Å². The second-order valence-electron chi connectivity index (χ2n) is 8.26. The lowest BCUT2D eigenvalue weighted by Crippen LogP contribution is -2.52. The van der Waals surface area contributed by atoms with Crippen LogP contribution in [0.15, 0.2) is 36.4 Å². The van der Waals surface area contributed by atoms with Gasteiger partial charge in [-0.2, -0.15) is 0 Å². The number of para-hydroxylation sites is 2. The van der Waals surface area contributed by atoms with Crippen LogP contribution in [0.1, 0.15) is 33.6 Å². The summed E-state index contributed by atoms with van der Waals surface area (Å²) in [7, 11) is 2.99. The highest BCUT2D eigenvalue weighted by Gasteiger charge is 2.44. The highest BCUT2D eigenvalue weighted by molar-refractivity contribution is 6.23. The third kappa shape index (κ3) is 4.09. The van der Waals surface area contributed by atoms with Crippen molar-refractivity contribution in [1.82, 2.24) is 9.80 Å². The summed E-state index contributed by atoms with van der Waals surface area (Å²) in [4.78, 5) is 30.1. The van der Waals surface area contributed by atoms with Gasteiger partial charge in [-0.15, -0.1) is 12.4 Å². The summed E-state index contributed by atoms with van der Waals surface area (Å²) in [5, 5.41) is 0. The first-order chi connectivity index (χ1) is 15.6. The Labute approximate surface area is 198 Å². The number of methoxy groups -OCH3 is 2. The Kier molecular flexibility index (Phi) is 6.67. The molecule has 0 saturated carbocycles. The maximum absolute atomic E-state index is 13.3. The second-order valence-corrected chi connectivity index (χ2v) is 8.26. The van der Waals surface area contributed by atoms with Crippen molar-refractivity contribution in [3.63, 3.8) is 0 Å². The maximum Gasteiger partial charge on any atom is 0.265 e. The number of carbonyl (C=O) groups excluding carboxylic acids is 2. The van der Waals surface area contributed by atoms with E-state index in [0.717, 1.165) is 30.9 Å². The molecule has 33 heavy (non-hydrogen) atoms. The molecule has 0 unspecified atom stereocenters. The van der Waals surface area contributed by atoms with Crippen molar-refractivity contribution >= 4 is 24.2 Å². The predicted octanol–water partition coefficient (Wildman–Crippen LogP) is 3.03. The lowest BCUT2D eigenvalue weighted by atomic mass is 10.0. The third-order valence-electron chi connectivity index (χ3n) is 6.30. The lowest BCUT2D eigenvalue weighted by molar-refractivity contribution is 0.0300. The smallest absolute Gasteiger partial charge is 0.265 e. The van der Waals surface area contributed by atoms with Crippen LogP contribution in [0, 0.1) is 0 Å². The average molecular weight is 475 g/mol.